The van der Waals surface area contributed by atoms with Gasteiger partial charge in [-0.2, -0.15) is 0 Å². The average molecular weight is 577 g/mol. The molecule has 10 heteroatoms. The van der Waals surface area contributed by atoms with Crippen molar-refractivity contribution in [1.82, 2.24) is 10.3 Å². The number of likely N-dealkylation sites (N-methyl/N-ethyl adjacent to an activating group) is 1. The Bertz CT molecular complexity index is 1620. The molecule has 0 aliphatic rings. The van der Waals surface area contributed by atoms with Crippen LogP contribution >= 0.6 is 23.2 Å². The van der Waals surface area contributed by atoms with Gasteiger partial charge in [-0.15, -0.1) is 0 Å². The van der Waals surface area contributed by atoms with Crippen molar-refractivity contribution in [2.75, 3.05) is 18.5 Å². The minimum atomic E-state index is -0.534. The van der Waals surface area contributed by atoms with Crippen LogP contribution in [-0.4, -0.2) is 36.3 Å². The van der Waals surface area contributed by atoms with Crippen LogP contribution in [-0.2, 0) is 16.2 Å². The largest absolute Gasteiger partial charge is 0.487 e. The van der Waals surface area contributed by atoms with Crippen molar-refractivity contribution in [2.24, 2.45) is 5.73 Å². The smallest absolute Gasteiger partial charge is 0.248 e. The molecule has 0 bridgehead atoms. The zero-order valence-electron chi connectivity index (χ0n) is 21.8. The molecule has 4 rings (SSSR count). The zero-order valence-corrected chi connectivity index (χ0v) is 23.3. The van der Waals surface area contributed by atoms with Crippen molar-refractivity contribution in [3.05, 3.63) is 105 Å². The summed E-state index contributed by atoms with van der Waals surface area (Å²) in [4.78, 5) is 42.2. The topological polar surface area (TPSA) is 115 Å². The number of hydrogen-bond donors (Lipinski definition) is 2. The first kappa shape index (κ1) is 28.6. The van der Waals surface area contributed by atoms with E-state index >= 15 is 0 Å². The highest BCUT2D eigenvalue weighted by atomic mass is 35.5. The van der Waals surface area contributed by atoms with Gasteiger partial charge in [0.25, 0.3) is 0 Å². The summed E-state index contributed by atoms with van der Waals surface area (Å²) >= 11 is 13.1. The van der Waals surface area contributed by atoms with E-state index in [9.17, 15) is 14.4 Å². The molecule has 0 saturated heterocycles. The van der Waals surface area contributed by atoms with E-state index in [2.05, 4.69) is 10.3 Å². The molecule has 0 atom stereocenters. The first-order valence-corrected chi connectivity index (χ1v) is 13.0. The molecule has 0 unspecified atom stereocenters. The molecule has 1 heterocycles. The van der Waals surface area contributed by atoms with Crippen LogP contribution in [0.1, 0.15) is 27.2 Å². The monoisotopic (exact) mass is 576 g/mol. The Morgan fingerprint density at radius 3 is 2.50 bits per heavy atom. The number of anilines is 1. The molecule has 0 radical (unpaired) electrons. The molecule has 8 nitrogen and oxygen atoms in total. The predicted molar refractivity (Wildman–Crippen MR) is 158 cm³/mol. The van der Waals surface area contributed by atoms with E-state index < -0.39 is 17.7 Å². The second kappa shape index (κ2) is 12.6. The third-order valence-electron chi connectivity index (χ3n) is 6.13. The molecule has 3 aromatic carbocycles. The molecule has 0 aliphatic carbocycles. The highest BCUT2D eigenvalue weighted by Gasteiger charge is 2.19. The number of carbonyl (C=O) groups is 3. The summed E-state index contributed by atoms with van der Waals surface area (Å²) in [5, 5.41) is 4.15. The molecule has 4 aromatic rings. The first-order valence-electron chi connectivity index (χ1n) is 12.2. The Kier molecular flexibility index (Phi) is 9.04. The maximum absolute atomic E-state index is 12.8. The second-order valence-electron chi connectivity index (χ2n) is 8.92. The van der Waals surface area contributed by atoms with Gasteiger partial charge in [-0.25, -0.2) is 4.98 Å². The Labute approximate surface area is 241 Å². The summed E-state index contributed by atoms with van der Waals surface area (Å²) in [7, 11) is 1.56. The number of nitrogens with two attached hydrogens (primary N) is 1. The number of halogens is 2. The number of benzene rings is 3. The minimum absolute atomic E-state index is 0.0597. The molecule has 40 heavy (non-hydrogen) atoms. The van der Waals surface area contributed by atoms with Gasteiger partial charge in [-0.3, -0.25) is 14.4 Å². The third-order valence-corrected chi connectivity index (χ3v) is 6.91. The van der Waals surface area contributed by atoms with Gasteiger partial charge in [-0.05, 0) is 55.0 Å². The Hall–Kier alpha value is -4.40. The number of fused-ring (bicyclic) bond motifs is 1. The van der Waals surface area contributed by atoms with Crippen molar-refractivity contribution in [1.29, 1.82) is 0 Å². The highest BCUT2D eigenvalue weighted by Crippen LogP contribution is 2.35. The van der Waals surface area contributed by atoms with Gasteiger partial charge in [0.05, 0.1) is 17.3 Å². The van der Waals surface area contributed by atoms with Crippen molar-refractivity contribution in [3.63, 3.8) is 0 Å². The number of para-hydroxylation sites is 1. The van der Waals surface area contributed by atoms with Gasteiger partial charge in [0, 0.05) is 40.4 Å². The molecule has 0 fully saturated rings. The van der Waals surface area contributed by atoms with Gasteiger partial charge >= 0.3 is 0 Å². The normalized spacial score (nSPS) is 11.0. The van der Waals surface area contributed by atoms with Gasteiger partial charge < -0.3 is 20.7 Å². The minimum Gasteiger partial charge on any atom is -0.487 e. The van der Waals surface area contributed by atoms with Gasteiger partial charge in [0.1, 0.15) is 17.9 Å². The number of carbonyl (C=O) groups excluding carboxylic acids is 3. The first-order chi connectivity index (χ1) is 19.1. The number of amides is 3. The van der Waals surface area contributed by atoms with Gasteiger partial charge in [-0.1, -0.05) is 53.5 Å². The van der Waals surface area contributed by atoms with Crippen molar-refractivity contribution >= 4 is 63.6 Å². The van der Waals surface area contributed by atoms with E-state index in [-0.39, 0.29) is 18.2 Å². The lowest BCUT2D eigenvalue weighted by Gasteiger charge is -2.21. The van der Waals surface area contributed by atoms with Crippen molar-refractivity contribution in [2.45, 2.75) is 13.5 Å². The number of nitrogens with one attached hydrogen (secondary N) is 1. The number of aromatic nitrogens is 1. The van der Waals surface area contributed by atoms with Crippen LogP contribution in [0.25, 0.3) is 17.0 Å². The summed E-state index contributed by atoms with van der Waals surface area (Å²) in [6.07, 6.45) is 2.85. The number of nitrogens with zero attached hydrogens (tertiary/aromatic N) is 2. The Morgan fingerprint density at radius 1 is 1.02 bits per heavy atom. The number of pyridine rings is 1. The quantitative estimate of drug-likeness (QED) is 0.262. The van der Waals surface area contributed by atoms with E-state index in [4.69, 9.17) is 33.7 Å². The standard InChI is InChI=1S/C30H26Cl2N4O4/c1-18-6-10-20-4-3-5-25(29(20)35-18)40-17-22-23(31)13-14-24(28(22)32)36(2)27(38)16-34-26(37)15-9-19-7-11-21(12-8-19)30(33)39/h3-15H,16-17H2,1-2H3,(H2,33,39)(H,34,37). The zero-order chi connectivity index (χ0) is 28.8. The number of ether oxygens (including phenoxy) is 1. The van der Waals surface area contributed by atoms with E-state index in [1.165, 1.54) is 11.0 Å². The lowest BCUT2D eigenvalue weighted by Crippen LogP contribution is -2.37. The van der Waals surface area contributed by atoms with E-state index in [0.29, 0.717) is 33.1 Å². The van der Waals surface area contributed by atoms with Crippen LogP contribution in [0.3, 0.4) is 0 Å². The summed E-state index contributed by atoms with van der Waals surface area (Å²) in [5.41, 5.74) is 8.81. The van der Waals surface area contributed by atoms with E-state index in [1.54, 1.807) is 49.5 Å². The Morgan fingerprint density at radius 2 is 1.77 bits per heavy atom. The van der Waals surface area contributed by atoms with Crippen molar-refractivity contribution in [3.8, 4) is 5.75 Å². The Balaban J connectivity index is 1.40. The van der Waals surface area contributed by atoms with Crippen molar-refractivity contribution < 1.29 is 19.1 Å². The number of hydrogen-bond acceptors (Lipinski definition) is 5. The second-order valence-corrected chi connectivity index (χ2v) is 9.70. The summed E-state index contributed by atoms with van der Waals surface area (Å²) in [6.45, 7) is 1.71. The summed E-state index contributed by atoms with van der Waals surface area (Å²) in [6, 6.07) is 19.3. The molecular weight excluding hydrogens is 551 g/mol. The molecule has 0 saturated carbocycles. The molecular formula is C30H26Cl2N4O4. The fourth-order valence-corrected chi connectivity index (χ4v) is 4.47. The van der Waals surface area contributed by atoms with E-state index in [1.807, 2.05) is 37.3 Å². The average Bonchev–Trinajstić information content (AvgIpc) is 2.94. The van der Waals surface area contributed by atoms with Crippen LogP contribution in [0.5, 0.6) is 5.75 Å². The fourth-order valence-electron chi connectivity index (χ4n) is 3.87. The summed E-state index contributed by atoms with van der Waals surface area (Å²) < 4.78 is 6.06. The van der Waals surface area contributed by atoms with Gasteiger partial charge in [0.2, 0.25) is 17.7 Å². The van der Waals surface area contributed by atoms with Crippen LogP contribution in [0.15, 0.2) is 72.8 Å². The number of aryl methyl sites for hydroxylation is 1. The molecule has 204 valence electrons. The van der Waals surface area contributed by atoms with Gasteiger partial charge in [0.15, 0.2) is 0 Å². The highest BCUT2D eigenvalue weighted by molar-refractivity contribution is 6.38. The molecule has 0 spiro atoms. The van der Waals surface area contributed by atoms with E-state index in [0.717, 1.165) is 16.6 Å². The maximum atomic E-state index is 12.8. The lowest BCUT2D eigenvalue weighted by atomic mass is 10.1. The number of primary amides is 1. The van der Waals surface area contributed by atoms with Crippen LogP contribution < -0.4 is 20.7 Å². The lowest BCUT2D eigenvalue weighted by molar-refractivity contribution is -0.122. The summed E-state index contributed by atoms with van der Waals surface area (Å²) in [5.74, 6) is -0.801. The van der Waals surface area contributed by atoms with Crippen LogP contribution in [0.4, 0.5) is 5.69 Å². The maximum Gasteiger partial charge on any atom is 0.248 e. The predicted octanol–water partition coefficient (Wildman–Crippen LogP) is 5.32. The van der Waals surface area contributed by atoms with Crippen LogP contribution in [0.2, 0.25) is 10.0 Å². The SMILES string of the molecule is Cc1ccc2cccc(OCc3c(Cl)ccc(N(C)C(=O)CNC(=O)C=Cc4ccc(C(N)=O)cc4)c3Cl)c2n1. The molecule has 3 amide bonds. The fraction of sp³-hybridized carbons (Fsp3) is 0.133. The number of rotatable bonds is 9. The molecule has 1 aromatic heterocycles. The third kappa shape index (κ3) is 6.77. The van der Waals surface area contributed by atoms with Crippen LogP contribution in [0, 0.1) is 6.92 Å². The molecule has 0 aliphatic heterocycles. The molecule has 3 N–H and O–H groups in total.